The summed E-state index contributed by atoms with van der Waals surface area (Å²) in [6, 6.07) is 0. The number of halogens is 1. The van der Waals surface area contributed by atoms with Gasteiger partial charge in [-0.2, -0.15) is 0 Å². The first kappa shape index (κ1) is 9.99. The van der Waals surface area contributed by atoms with E-state index in [9.17, 15) is 4.79 Å². The van der Waals surface area contributed by atoms with Crippen LogP contribution >= 0.6 is 15.9 Å². The Kier molecular flexibility index (Phi) is 4.01. The maximum absolute atomic E-state index is 10.9. The van der Waals surface area contributed by atoms with E-state index in [1.807, 2.05) is 0 Å². The molecule has 0 radical (unpaired) electrons. The molecule has 4 heteroatoms. The smallest absolute Gasteiger partial charge is 0.308 e. The van der Waals surface area contributed by atoms with Crippen molar-refractivity contribution in [1.82, 2.24) is 0 Å². The van der Waals surface area contributed by atoms with E-state index in [4.69, 9.17) is 4.74 Å². The number of carbonyl (C=O) groups is 1. The molecule has 0 aromatic rings. The average Bonchev–Trinajstić information content (AvgIpc) is 2.01. The van der Waals surface area contributed by atoms with Gasteiger partial charge in [0.1, 0.15) is 0 Å². The molecular weight excluding hydrogens is 224 g/mol. The van der Waals surface area contributed by atoms with Gasteiger partial charge in [0.2, 0.25) is 0 Å². The fourth-order valence-electron chi connectivity index (χ4n) is 1.27. The number of methoxy groups -OCH3 is 1. The van der Waals surface area contributed by atoms with E-state index in [-0.39, 0.29) is 18.0 Å². The summed E-state index contributed by atoms with van der Waals surface area (Å²) in [7, 11) is 1.43. The van der Waals surface area contributed by atoms with Crippen LogP contribution in [0, 0.1) is 5.92 Å². The fraction of sp³-hybridized carbons (Fsp3) is 0.875. The van der Waals surface area contributed by atoms with Crippen molar-refractivity contribution in [3.8, 4) is 0 Å². The van der Waals surface area contributed by atoms with Gasteiger partial charge >= 0.3 is 5.97 Å². The molecule has 1 rings (SSSR count). The molecule has 1 aliphatic rings. The first-order chi connectivity index (χ1) is 5.77. The van der Waals surface area contributed by atoms with Crippen LogP contribution in [-0.4, -0.2) is 31.1 Å². The second kappa shape index (κ2) is 4.82. The Morgan fingerprint density at radius 3 is 2.75 bits per heavy atom. The van der Waals surface area contributed by atoms with E-state index >= 15 is 0 Å². The minimum atomic E-state index is -0.103. The molecule has 1 saturated carbocycles. The van der Waals surface area contributed by atoms with E-state index in [2.05, 4.69) is 20.7 Å². The standard InChI is InChI=1S/C8H13BrO3/c1-11-8(10)6-4-7(5-6)12-3-2-9/h6-7H,2-5H2,1H3. The van der Waals surface area contributed by atoms with Crippen molar-refractivity contribution in [2.24, 2.45) is 5.92 Å². The molecule has 1 aliphatic carbocycles. The van der Waals surface area contributed by atoms with Crippen molar-refractivity contribution in [2.75, 3.05) is 19.0 Å². The van der Waals surface area contributed by atoms with Crippen LogP contribution in [0.5, 0.6) is 0 Å². The molecule has 0 heterocycles. The molecule has 1 fully saturated rings. The topological polar surface area (TPSA) is 35.5 Å². The summed E-state index contributed by atoms with van der Waals surface area (Å²) < 4.78 is 10.0. The van der Waals surface area contributed by atoms with Gasteiger partial charge in [-0.25, -0.2) is 0 Å². The summed E-state index contributed by atoms with van der Waals surface area (Å²) in [5.74, 6) is -0.0241. The van der Waals surface area contributed by atoms with Crippen molar-refractivity contribution < 1.29 is 14.3 Å². The predicted octanol–water partition coefficient (Wildman–Crippen LogP) is 1.35. The molecule has 0 unspecified atom stereocenters. The Hall–Kier alpha value is -0.0900. The van der Waals surface area contributed by atoms with Crippen molar-refractivity contribution in [3.05, 3.63) is 0 Å². The highest BCUT2D eigenvalue weighted by Gasteiger charge is 2.35. The van der Waals surface area contributed by atoms with E-state index < -0.39 is 0 Å². The zero-order valence-corrected chi connectivity index (χ0v) is 8.67. The fourth-order valence-corrected chi connectivity index (χ4v) is 1.46. The van der Waals surface area contributed by atoms with Crippen LogP contribution in [0.25, 0.3) is 0 Å². The minimum Gasteiger partial charge on any atom is -0.469 e. The Morgan fingerprint density at radius 2 is 2.25 bits per heavy atom. The van der Waals surface area contributed by atoms with Gasteiger partial charge in [-0.3, -0.25) is 4.79 Å². The number of rotatable bonds is 4. The van der Waals surface area contributed by atoms with Crippen molar-refractivity contribution in [1.29, 1.82) is 0 Å². The number of ether oxygens (including phenoxy) is 2. The van der Waals surface area contributed by atoms with Crippen LogP contribution < -0.4 is 0 Å². The number of hydrogen-bond donors (Lipinski definition) is 0. The molecule has 3 nitrogen and oxygen atoms in total. The van der Waals surface area contributed by atoms with Crippen LogP contribution in [0.15, 0.2) is 0 Å². The van der Waals surface area contributed by atoms with E-state index in [1.165, 1.54) is 7.11 Å². The lowest BCUT2D eigenvalue weighted by atomic mass is 9.82. The molecule has 0 N–H and O–H groups in total. The number of esters is 1. The quantitative estimate of drug-likeness (QED) is 0.547. The highest BCUT2D eigenvalue weighted by molar-refractivity contribution is 9.09. The molecule has 0 spiro atoms. The van der Waals surface area contributed by atoms with Crippen molar-refractivity contribution >= 4 is 21.9 Å². The third-order valence-electron chi connectivity index (χ3n) is 2.06. The summed E-state index contributed by atoms with van der Waals surface area (Å²) in [5, 5.41) is 0.854. The first-order valence-electron chi connectivity index (χ1n) is 4.03. The van der Waals surface area contributed by atoms with Crippen LogP contribution in [0.1, 0.15) is 12.8 Å². The van der Waals surface area contributed by atoms with Crippen LogP contribution in [0.3, 0.4) is 0 Å². The zero-order valence-electron chi connectivity index (χ0n) is 7.09. The SMILES string of the molecule is COC(=O)C1CC(OCCBr)C1. The van der Waals surface area contributed by atoms with Crippen LogP contribution in [0.2, 0.25) is 0 Å². The maximum atomic E-state index is 10.9. The van der Waals surface area contributed by atoms with E-state index in [1.54, 1.807) is 0 Å². The normalized spacial score (nSPS) is 27.8. The Bertz CT molecular complexity index is 154. The van der Waals surface area contributed by atoms with Gasteiger partial charge in [0.05, 0.1) is 25.7 Å². The molecule has 0 bridgehead atoms. The largest absolute Gasteiger partial charge is 0.469 e. The molecule has 0 atom stereocenters. The minimum absolute atomic E-state index is 0.0790. The lowest BCUT2D eigenvalue weighted by Gasteiger charge is -2.32. The monoisotopic (exact) mass is 236 g/mol. The van der Waals surface area contributed by atoms with E-state index in [0.29, 0.717) is 0 Å². The summed E-state index contributed by atoms with van der Waals surface area (Å²) in [6.07, 6.45) is 1.91. The third kappa shape index (κ3) is 2.45. The third-order valence-corrected chi connectivity index (χ3v) is 2.38. The van der Waals surface area contributed by atoms with Crippen LogP contribution in [-0.2, 0) is 14.3 Å². The highest BCUT2D eigenvalue weighted by Crippen LogP contribution is 2.30. The number of hydrogen-bond acceptors (Lipinski definition) is 3. The van der Waals surface area contributed by atoms with Crippen molar-refractivity contribution in [3.63, 3.8) is 0 Å². The second-order valence-electron chi connectivity index (χ2n) is 2.87. The number of alkyl halides is 1. The average molecular weight is 237 g/mol. The molecule has 0 amide bonds. The Balaban J connectivity index is 2.07. The lowest BCUT2D eigenvalue weighted by Crippen LogP contribution is -2.37. The molecule has 12 heavy (non-hydrogen) atoms. The van der Waals surface area contributed by atoms with Gasteiger partial charge in [-0.1, -0.05) is 15.9 Å². The van der Waals surface area contributed by atoms with Gasteiger partial charge in [0, 0.05) is 5.33 Å². The lowest BCUT2D eigenvalue weighted by molar-refractivity contribution is -0.154. The maximum Gasteiger partial charge on any atom is 0.308 e. The molecule has 70 valence electrons. The summed E-state index contributed by atoms with van der Waals surface area (Å²) in [4.78, 5) is 10.9. The zero-order chi connectivity index (χ0) is 8.97. The van der Waals surface area contributed by atoms with Gasteiger partial charge in [0.25, 0.3) is 0 Å². The first-order valence-corrected chi connectivity index (χ1v) is 5.15. The van der Waals surface area contributed by atoms with Gasteiger partial charge in [-0.15, -0.1) is 0 Å². The van der Waals surface area contributed by atoms with Crippen molar-refractivity contribution in [2.45, 2.75) is 18.9 Å². The Morgan fingerprint density at radius 1 is 1.58 bits per heavy atom. The Labute approximate surface area is 80.5 Å². The summed E-state index contributed by atoms with van der Waals surface area (Å²) >= 11 is 3.27. The summed E-state index contributed by atoms with van der Waals surface area (Å²) in [5.41, 5.74) is 0. The van der Waals surface area contributed by atoms with Gasteiger partial charge in [-0.05, 0) is 12.8 Å². The van der Waals surface area contributed by atoms with Gasteiger partial charge < -0.3 is 9.47 Å². The summed E-state index contributed by atoms with van der Waals surface area (Å²) in [6.45, 7) is 0.721. The molecular formula is C8H13BrO3. The molecule has 0 saturated heterocycles. The van der Waals surface area contributed by atoms with E-state index in [0.717, 1.165) is 24.8 Å². The second-order valence-corrected chi connectivity index (χ2v) is 3.67. The highest BCUT2D eigenvalue weighted by atomic mass is 79.9. The molecule has 0 aliphatic heterocycles. The molecule has 0 aromatic heterocycles. The number of carbonyl (C=O) groups excluding carboxylic acids is 1. The van der Waals surface area contributed by atoms with Crippen LogP contribution in [0.4, 0.5) is 0 Å². The predicted molar refractivity (Wildman–Crippen MR) is 48.3 cm³/mol. The molecule has 0 aromatic carbocycles. The van der Waals surface area contributed by atoms with Gasteiger partial charge in [0.15, 0.2) is 0 Å².